The maximum absolute atomic E-state index is 6.55. The minimum Gasteiger partial charge on any atom is -0.456 e. The smallest absolute Gasteiger partial charge is 0.135 e. The largest absolute Gasteiger partial charge is 0.456 e. The third-order valence-electron chi connectivity index (χ3n) is 12.0. The number of rotatable bonds is 1. The van der Waals surface area contributed by atoms with Crippen molar-refractivity contribution in [3.05, 3.63) is 107 Å². The number of aryl methyl sites for hydroxylation is 2. The van der Waals surface area contributed by atoms with Crippen LogP contribution < -0.4 is 4.74 Å². The molecule has 0 amide bonds. The molecule has 4 saturated carbocycles. The highest BCUT2D eigenvalue weighted by atomic mass is 16.5. The van der Waals surface area contributed by atoms with E-state index >= 15 is 0 Å². The van der Waals surface area contributed by atoms with Gasteiger partial charge in [-0.1, -0.05) is 60.7 Å². The molecule has 0 unspecified atom stereocenters. The minimum atomic E-state index is 0.194. The second-order valence-corrected chi connectivity index (χ2v) is 13.9. The number of ether oxygens (including phenoxy) is 1. The van der Waals surface area contributed by atoms with E-state index in [-0.39, 0.29) is 5.41 Å². The van der Waals surface area contributed by atoms with Gasteiger partial charge in [-0.05, 0) is 149 Å². The van der Waals surface area contributed by atoms with Crippen molar-refractivity contribution >= 4 is 10.8 Å². The molecule has 1 heterocycles. The lowest BCUT2D eigenvalue weighted by Crippen LogP contribution is -2.55. The van der Waals surface area contributed by atoms with Crippen LogP contribution in [0.1, 0.15) is 54.4 Å². The molecule has 5 aliphatic carbocycles. The van der Waals surface area contributed by atoms with Gasteiger partial charge in [-0.3, -0.25) is 0 Å². The highest BCUT2D eigenvalue weighted by molar-refractivity contribution is 6.10. The number of hydrogen-bond donors (Lipinski definition) is 0. The Morgan fingerprint density at radius 2 is 1.27 bits per heavy atom. The molecule has 0 N–H and O–H groups in total. The van der Waals surface area contributed by atoms with Crippen molar-refractivity contribution in [2.75, 3.05) is 0 Å². The summed E-state index contributed by atoms with van der Waals surface area (Å²) in [5, 5.41) is 2.53. The van der Waals surface area contributed by atoms with E-state index in [1.807, 2.05) is 0 Å². The van der Waals surface area contributed by atoms with Crippen molar-refractivity contribution in [2.45, 2.75) is 51.4 Å². The summed E-state index contributed by atoms with van der Waals surface area (Å²) in [6.45, 7) is 4.37. The van der Waals surface area contributed by atoms with Gasteiger partial charge in [-0.15, -0.1) is 0 Å². The summed E-state index contributed by atoms with van der Waals surface area (Å²) in [7, 11) is 0. The topological polar surface area (TPSA) is 9.23 Å². The first-order valence-corrected chi connectivity index (χ1v) is 15.7. The molecule has 0 aromatic heterocycles. The molecule has 4 fully saturated rings. The van der Waals surface area contributed by atoms with E-state index in [9.17, 15) is 0 Å². The summed E-state index contributed by atoms with van der Waals surface area (Å²) in [5.74, 6) is 5.42. The predicted octanol–water partition coefficient (Wildman–Crippen LogP) is 10.6. The van der Waals surface area contributed by atoms with Crippen LogP contribution in [-0.4, -0.2) is 0 Å². The number of hydrogen-bond acceptors (Lipinski definition) is 1. The Morgan fingerprint density at radius 3 is 2.10 bits per heavy atom. The molecule has 6 aliphatic rings. The van der Waals surface area contributed by atoms with Crippen LogP contribution >= 0.6 is 0 Å². The fourth-order valence-electron chi connectivity index (χ4n) is 10.5. The Hall–Kier alpha value is -3.84. The zero-order chi connectivity index (χ0) is 27.0. The lowest BCUT2D eigenvalue weighted by molar-refractivity contribution is -0.0399. The van der Waals surface area contributed by atoms with Crippen molar-refractivity contribution in [3.63, 3.8) is 0 Å². The minimum absolute atomic E-state index is 0.194. The molecule has 5 aromatic rings. The van der Waals surface area contributed by atoms with E-state index < -0.39 is 0 Å². The first-order valence-electron chi connectivity index (χ1n) is 15.7. The zero-order valence-corrected chi connectivity index (χ0v) is 23.8. The summed E-state index contributed by atoms with van der Waals surface area (Å²) in [5.41, 5.74) is 14.2. The monoisotopic (exact) mass is 530 g/mol. The predicted molar refractivity (Wildman–Crippen MR) is 168 cm³/mol. The Kier molecular flexibility index (Phi) is 4.29. The quantitative estimate of drug-likeness (QED) is 0.205. The van der Waals surface area contributed by atoms with E-state index in [0.29, 0.717) is 0 Å². The van der Waals surface area contributed by atoms with Crippen LogP contribution in [0, 0.1) is 37.5 Å². The second kappa shape index (κ2) is 7.71. The van der Waals surface area contributed by atoms with Crippen molar-refractivity contribution in [3.8, 4) is 44.9 Å². The van der Waals surface area contributed by atoms with Crippen LogP contribution in [0.15, 0.2) is 84.9 Å². The molecule has 1 aliphatic heterocycles. The normalized spacial score (nSPS) is 27.6. The molecule has 5 aromatic carbocycles. The van der Waals surface area contributed by atoms with Gasteiger partial charge < -0.3 is 4.74 Å². The fourth-order valence-corrected chi connectivity index (χ4v) is 10.5. The fraction of sp³-hybridized carbons (Fsp3) is 0.300. The standard InChI is InChI=1S/C40H34O/c1-22-14-34-33-8-5-7-32-29(12-13-37(39(32)33)41-38(34)15-23(22)2)26-10-11-31-30-6-3-4-9-35(30)40(36(31)21-26)27-17-24-16-25(19-27)20-28(40)18-24/h3-15,21,24-25,27-28H,16-20H2,1-2H3. The molecular weight excluding hydrogens is 496 g/mol. The number of benzene rings is 5. The first-order chi connectivity index (χ1) is 20.1. The molecule has 1 nitrogen and oxygen atoms in total. The van der Waals surface area contributed by atoms with Gasteiger partial charge in [-0.25, -0.2) is 0 Å². The molecule has 11 rings (SSSR count). The highest BCUT2D eigenvalue weighted by Gasteiger charge is 2.61. The molecule has 0 saturated heterocycles. The van der Waals surface area contributed by atoms with Gasteiger partial charge in [0.05, 0.1) is 0 Å². The number of fused-ring (bicyclic) bond motifs is 5. The summed E-state index contributed by atoms with van der Waals surface area (Å²) in [4.78, 5) is 0. The molecule has 0 radical (unpaired) electrons. The summed E-state index contributed by atoms with van der Waals surface area (Å²) in [6, 6.07) is 32.7. The zero-order valence-electron chi connectivity index (χ0n) is 23.8. The van der Waals surface area contributed by atoms with E-state index in [4.69, 9.17) is 4.74 Å². The Labute approximate surface area is 242 Å². The third kappa shape index (κ3) is 2.78. The van der Waals surface area contributed by atoms with Gasteiger partial charge in [0.1, 0.15) is 11.5 Å². The van der Waals surface area contributed by atoms with E-state index in [1.165, 1.54) is 87.4 Å². The van der Waals surface area contributed by atoms with E-state index in [2.05, 4.69) is 98.8 Å². The maximum atomic E-state index is 6.55. The second-order valence-electron chi connectivity index (χ2n) is 13.9. The first kappa shape index (κ1) is 22.8. The van der Waals surface area contributed by atoms with Crippen molar-refractivity contribution in [1.82, 2.24) is 0 Å². The van der Waals surface area contributed by atoms with Crippen LogP contribution in [-0.2, 0) is 5.41 Å². The lowest BCUT2D eigenvalue weighted by atomic mass is 9.43. The summed E-state index contributed by atoms with van der Waals surface area (Å²) >= 11 is 0. The van der Waals surface area contributed by atoms with E-state index in [1.54, 1.807) is 11.1 Å². The molecule has 41 heavy (non-hydrogen) atoms. The Morgan fingerprint density at radius 1 is 0.561 bits per heavy atom. The summed E-state index contributed by atoms with van der Waals surface area (Å²) < 4.78 is 6.55. The Bertz CT molecular complexity index is 1930. The summed E-state index contributed by atoms with van der Waals surface area (Å²) in [6.07, 6.45) is 7.16. The average molecular weight is 531 g/mol. The Balaban J connectivity index is 1.20. The van der Waals surface area contributed by atoms with Crippen LogP contribution in [0.4, 0.5) is 0 Å². The van der Waals surface area contributed by atoms with Gasteiger partial charge in [0.2, 0.25) is 0 Å². The maximum Gasteiger partial charge on any atom is 0.135 e. The van der Waals surface area contributed by atoms with Crippen LogP contribution in [0.25, 0.3) is 44.2 Å². The van der Waals surface area contributed by atoms with Crippen LogP contribution in [0.2, 0.25) is 0 Å². The van der Waals surface area contributed by atoms with Crippen molar-refractivity contribution in [1.29, 1.82) is 0 Å². The van der Waals surface area contributed by atoms with Crippen LogP contribution in [0.3, 0.4) is 0 Å². The molecule has 1 spiro atoms. The van der Waals surface area contributed by atoms with Gasteiger partial charge in [0.15, 0.2) is 0 Å². The van der Waals surface area contributed by atoms with E-state index in [0.717, 1.165) is 35.2 Å². The highest BCUT2D eigenvalue weighted by Crippen LogP contribution is 2.69. The molecule has 1 heteroatoms. The molecule has 4 bridgehead atoms. The molecular formula is C40H34O. The van der Waals surface area contributed by atoms with Gasteiger partial charge in [0.25, 0.3) is 0 Å². The van der Waals surface area contributed by atoms with Gasteiger partial charge >= 0.3 is 0 Å². The third-order valence-corrected chi connectivity index (χ3v) is 12.0. The lowest BCUT2D eigenvalue weighted by Gasteiger charge is -2.61. The van der Waals surface area contributed by atoms with Crippen molar-refractivity contribution < 1.29 is 4.74 Å². The molecule has 0 atom stereocenters. The van der Waals surface area contributed by atoms with Crippen molar-refractivity contribution in [2.24, 2.45) is 23.7 Å². The SMILES string of the molecule is Cc1cc2c(cc1C)-c1cccc3c(-c4ccc5c(c4)C4(c6ccccc6-5)C5CC6CC(C5)CC4C6)ccc(c13)O2. The van der Waals surface area contributed by atoms with Gasteiger partial charge in [0, 0.05) is 16.4 Å². The van der Waals surface area contributed by atoms with Crippen LogP contribution in [0.5, 0.6) is 11.5 Å². The average Bonchev–Trinajstić information content (AvgIpc) is 3.27. The van der Waals surface area contributed by atoms with Gasteiger partial charge in [-0.2, -0.15) is 0 Å². The molecule has 200 valence electrons.